The molecule has 18 heavy (non-hydrogen) atoms. The zero-order chi connectivity index (χ0) is 13.0. The van der Waals surface area contributed by atoms with Gasteiger partial charge in [-0.2, -0.15) is 0 Å². The zero-order valence-electron chi connectivity index (χ0n) is 11.3. The molecule has 1 unspecified atom stereocenters. The summed E-state index contributed by atoms with van der Waals surface area (Å²) >= 11 is 0. The molecule has 1 amide bonds. The van der Waals surface area contributed by atoms with E-state index in [1.165, 1.54) is 24.0 Å². The third-order valence-corrected chi connectivity index (χ3v) is 3.44. The van der Waals surface area contributed by atoms with Gasteiger partial charge in [0.25, 0.3) is 0 Å². The van der Waals surface area contributed by atoms with Gasteiger partial charge in [-0.25, -0.2) is 0 Å². The number of nitrogens with one attached hydrogen (secondary N) is 1. The number of unbranched alkanes of at least 4 members (excludes halogenated alkanes) is 2. The normalized spacial score (nSPS) is 19.6. The molecule has 1 atom stereocenters. The van der Waals surface area contributed by atoms with Crippen LogP contribution >= 0.6 is 0 Å². The Morgan fingerprint density at radius 3 is 2.94 bits per heavy atom. The van der Waals surface area contributed by atoms with E-state index in [1.807, 2.05) is 4.90 Å². The summed E-state index contributed by atoms with van der Waals surface area (Å²) in [6.45, 7) is 5.59. The number of rotatable bonds is 5. The maximum atomic E-state index is 11.9. The average molecular weight is 246 g/mol. The third kappa shape index (κ3) is 2.91. The van der Waals surface area contributed by atoms with Crippen LogP contribution in [0, 0.1) is 6.92 Å². The van der Waals surface area contributed by atoms with Gasteiger partial charge in [0.15, 0.2) is 0 Å². The Balaban J connectivity index is 2.08. The first-order valence-corrected chi connectivity index (χ1v) is 6.82. The highest BCUT2D eigenvalue weighted by Crippen LogP contribution is 2.23. The van der Waals surface area contributed by atoms with Gasteiger partial charge >= 0.3 is 0 Å². The van der Waals surface area contributed by atoms with E-state index in [-0.39, 0.29) is 12.1 Å². The molecular formula is C15H22N2O. The third-order valence-electron chi connectivity index (χ3n) is 3.44. The van der Waals surface area contributed by atoms with Crippen molar-refractivity contribution < 1.29 is 4.79 Å². The maximum absolute atomic E-state index is 11.9. The number of amides is 1. The minimum absolute atomic E-state index is 0.0641. The molecule has 0 bridgehead atoms. The fourth-order valence-corrected chi connectivity index (χ4v) is 2.46. The second-order valence-corrected chi connectivity index (χ2v) is 4.99. The van der Waals surface area contributed by atoms with E-state index < -0.39 is 0 Å². The van der Waals surface area contributed by atoms with Crippen molar-refractivity contribution in [2.75, 3.05) is 13.1 Å². The van der Waals surface area contributed by atoms with Crippen LogP contribution < -0.4 is 5.32 Å². The minimum atomic E-state index is 0.0641. The molecule has 0 saturated carbocycles. The Kier molecular flexibility index (Phi) is 4.37. The first-order chi connectivity index (χ1) is 8.72. The van der Waals surface area contributed by atoms with Crippen molar-refractivity contribution in [3.8, 4) is 0 Å². The summed E-state index contributed by atoms with van der Waals surface area (Å²) in [7, 11) is 0. The summed E-state index contributed by atoms with van der Waals surface area (Å²) in [5.74, 6) is 0.220. The number of carbonyl (C=O) groups excluding carboxylic acids is 1. The van der Waals surface area contributed by atoms with Crippen LogP contribution in [0.1, 0.15) is 43.5 Å². The van der Waals surface area contributed by atoms with E-state index in [4.69, 9.17) is 0 Å². The van der Waals surface area contributed by atoms with Crippen molar-refractivity contribution in [1.82, 2.24) is 10.2 Å². The number of aryl methyl sites for hydroxylation is 1. The SMILES string of the molecule is CCCCCN1C(=O)CNC1c1cccc(C)c1. The Hall–Kier alpha value is -1.35. The molecule has 98 valence electrons. The van der Waals surface area contributed by atoms with Gasteiger partial charge in [-0.1, -0.05) is 49.6 Å². The van der Waals surface area contributed by atoms with E-state index in [0.717, 1.165) is 13.0 Å². The van der Waals surface area contributed by atoms with Crippen molar-refractivity contribution >= 4 is 5.91 Å². The lowest BCUT2D eigenvalue weighted by Crippen LogP contribution is -2.31. The van der Waals surface area contributed by atoms with Crippen LogP contribution in [0.2, 0.25) is 0 Å². The highest BCUT2D eigenvalue weighted by Gasteiger charge is 2.30. The van der Waals surface area contributed by atoms with Crippen molar-refractivity contribution in [2.45, 2.75) is 39.3 Å². The van der Waals surface area contributed by atoms with E-state index >= 15 is 0 Å². The molecule has 2 rings (SSSR count). The second-order valence-electron chi connectivity index (χ2n) is 4.99. The standard InChI is InChI=1S/C15H22N2O/c1-3-4-5-9-17-14(18)11-16-15(17)13-8-6-7-12(2)10-13/h6-8,10,15-16H,3-5,9,11H2,1-2H3. The van der Waals surface area contributed by atoms with Crippen molar-refractivity contribution in [3.63, 3.8) is 0 Å². The average Bonchev–Trinajstić information content (AvgIpc) is 2.72. The molecule has 1 saturated heterocycles. The van der Waals surface area contributed by atoms with Crippen LogP contribution in [0.3, 0.4) is 0 Å². The predicted octanol–water partition coefficient (Wildman–Crippen LogP) is 2.62. The fraction of sp³-hybridized carbons (Fsp3) is 0.533. The smallest absolute Gasteiger partial charge is 0.238 e. The van der Waals surface area contributed by atoms with Crippen molar-refractivity contribution in [2.24, 2.45) is 0 Å². The molecular weight excluding hydrogens is 224 g/mol. The molecule has 0 aromatic heterocycles. The Morgan fingerprint density at radius 1 is 1.39 bits per heavy atom. The van der Waals surface area contributed by atoms with Gasteiger partial charge in [-0.05, 0) is 18.9 Å². The summed E-state index contributed by atoms with van der Waals surface area (Å²) in [4.78, 5) is 13.9. The van der Waals surface area contributed by atoms with E-state index in [9.17, 15) is 4.79 Å². The molecule has 3 nitrogen and oxygen atoms in total. The van der Waals surface area contributed by atoms with E-state index in [1.54, 1.807) is 0 Å². The molecule has 0 aliphatic carbocycles. The molecule has 1 aromatic rings. The highest BCUT2D eigenvalue weighted by atomic mass is 16.2. The molecule has 0 spiro atoms. The number of hydrogen-bond acceptors (Lipinski definition) is 2. The lowest BCUT2D eigenvalue weighted by Gasteiger charge is -2.25. The molecule has 0 radical (unpaired) electrons. The van der Waals surface area contributed by atoms with Gasteiger partial charge in [0.2, 0.25) is 5.91 Å². The lowest BCUT2D eigenvalue weighted by molar-refractivity contribution is -0.128. The van der Waals surface area contributed by atoms with Crippen LogP contribution in [0.4, 0.5) is 0 Å². The summed E-state index contributed by atoms with van der Waals surface area (Å²) in [5.41, 5.74) is 2.43. The van der Waals surface area contributed by atoms with Crippen LogP contribution in [-0.2, 0) is 4.79 Å². The topological polar surface area (TPSA) is 32.3 Å². The summed E-state index contributed by atoms with van der Waals surface area (Å²) < 4.78 is 0. The fourth-order valence-electron chi connectivity index (χ4n) is 2.46. The predicted molar refractivity (Wildman–Crippen MR) is 73.2 cm³/mol. The molecule has 1 fully saturated rings. The van der Waals surface area contributed by atoms with Gasteiger partial charge in [0.05, 0.1) is 6.54 Å². The van der Waals surface area contributed by atoms with Gasteiger partial charge in [0.1, 0.15) is 6.17 Å². The molecule has 1 heterocycles. The minimum Gasteiger partial charge on any atom is -0.322 e. The van der Waals surface area contributed by atoms with Gasteiger partial charge < -0.3 is 4.90 Å². The molecule has 1 aliphatic rings. The number of nitrogens with zero attached hydrogens (tertiary/aromatic N) is 1. The summed E-state index contributed by atoms with van der Waals surface area (Å²) in [5, 5.41) is 3.30. The lowest BCUT2D eigenvalue weighted by atomic mass is 10.1. The molecule has 3 heteroatoms. The van der Waals surface area contributed by atoms with Crippen LogP contribution in [0.5, 0.6) is 0 Å². The Bertz CT molecular complexity index is 417. The monoisotopic (exact) mass is 246 g/mol. The first kappa shape index (κ1) is 13.1. The summed E-state index contributed by atoms with van der Waals surface area (Å²) in [6.07, 6.45) is 3.52. The largest absolute Gasteiger partial charge is 0.322 e. The Labute approximate surface area is 109 Å². The van der Waals surface area contributed by atoms with Gasteiger partial charge in [0, 0.05) is 6.54 Å². The molecule has 1 N–H and O–H groups in total. The van der Waals surface area contributed by atoms with Crippen LogP contribution in [0.15, 0.2) is 24.3 Å². The summed E-state index contributed by atoms with van der Waals surface area (Å²) in [6, 6.07) is 8.39. The Morgan fingerprint density at radius 2 is 2.22 bits per heavy atom. The maximum Gasteiger partial charge on any atom is 0.238 e. The van der Waals surface area contributed by atoms with E-state index in [0.29, 0.717) is 6.54 Å². The molecule has 1 aliphatic heterocycles. The van der Waals surface area contributed by atoms with Crippen LogP contribution in [-0.4, -0.2) is 23.9 Å². The number of carbonyl (C=O) groups is 1. The molecule has 1 aromatic carbocycles. The first-order valence-electron chi connectivity index (χ1n) is 6.82. The van der Waals surface area contributed by atoms with Crippen molar-refractivity contribution in [1.29, 1.82) is 0 Å². The van der Waals surface area contributed by atoms with Crippen LogP contribution in [0.25, 0.3) is 0 Å². The highest BCUT2D eigenvalue weighted by molar-refractivity contribution is 5.80. The number of hydrogen-bond donors (Lipinski definition) is 1. The van der Waals surface area contributed by atoms with E-state index in [2.05, 4.69) is 43.4 Å². The van der Waals surface area contributed by atoms with Gasteiger partial charge in [-0.3, -0.25) is 10.1 Å². The number of benzene rings is 1. The zero-order valence-corrected chi connectivity index (χ0v) is 11.3. The van der Waals surface area contributed by atoms with Gasteiger partial charge in [-0.15, -0.1) is 0 Å². The second kappa shape index (κ2) is 6.01. The van der Waals surface area contributed by atoms with Crippen molar-refractivity contribution in [3.05, 3.63) is 35.4 Å². The quantitative estimate of drug-likeness (QED) is 0.810.